The summed E-state index contributed by atoms with van der Waals surface area (Å²) in [7, 11) is -2.89. The first kappa shape index (κ1) is 18.5. The van der Waals surface area contributed by atoms with Gasteiger partial charge in [-0.15, -0.1) is 0 Å². The lowest BCUT2D eigenvalue weighted by atomic mass is 10.2. The van der Waals surface area contributed by atoms with Crippen molar-refractivity contribution in [2.24, 2.45) is 0 Å². The fraction of sp³-hybridized carbons (Fsp3) is 0.278. The number of rotatable bonds is 4. The van der Waals surface area contributed by atoms with Crippen LogP contribution in [-0.4, -0.2) is 39.0 Å². The summed E-state index contributed by atoms with van der Waals surface area (Å²) in [4.78, 5) is 14.0. The molecule has 0 aromatic heterocycles. The minimum Gasteiger partial charge on any atom is -0.369 e. The highest BCUT2D eigenvalue weighted by atomic mass is 35.5. The van der Waals surface area contributed by atoms with Gasteiger partial charge >= 0.3 is 6.03 Å². The molecule has 0 bridgehead atoms. The SMILES string of the molecule is O=C(NCc1ccc(Cl)cc1)Nc1ccc(N2CCS(=O)(=O)CC2)cc1. The first-order chi connectivity index (χ1) is 12.4. The summed E-state index contributed by atoms with van der Waals surface area (Å²) >= 11 is 5.83. The van der Waals surface area contributed by atoms with Crippen LogP contribution in [0.3, 0.4) is 0 Å². The van der Waals surface area contributed by atoms with Crippen molar-refractivity contribution < 1.29 is 13.2 Å². The molecule has 0 atom stereocenters. The van der Waals surface area contributed by atoms with E-state index in [1.807, 2.05) is 29.2 Å². The van der Waals surface area contributed by atoms with Crippen LogP contribution in [0, 0.1) is 0 Å². The van der Waals surface area contributed by atoms with Gasteiger partial charge in [0, 0.05) is 36.0 Å². The second-order valence-electron chi connectivity index (χ2n) is 6.12. The third-order valence-electron chi connectivity index (χ3n) is 4.20. The largest absolute Gasteiger partial charge is 0.369 e. The van der Waals surface area contributed by atoms with Gasteiger partial charge < -0.3 is 15.5 Å². The number of urea groups is 1. The number of sulfone groups is 1. The van der Waals surface area contributed by atoms with Crippen LogP contribution in [0.4, 0.5) is 16.2 Å². The quantitative estimate of drug-likeness (QED) is 0.837. The first-order valence-corrected chi connectivity index (χ1v) is 10.5. The van der Waals surface area contributed by atoms with E-state index < -0.39 is 9.84 Å². The van der Waals surface area contributed by atoms with Crippen LogP contribution < -0.4 is 15.5 Å². The lowest BCUT2D eigenvalue weighted by Gasteiger charge is -2.28. The third kappa shape index (κ3) is 5.12. The van der Waals surface area contributed by atoms with Crippen molar-refractivity contribution in [3.63, 3.8) is 0 Å². The number of anilines is 2. The van der Waals surface area contributed by atoms with Crippen molar-refractivity contribution in [1.82, 2.24) is 5.32 Å². The molecule has 1 aliphatic heterocycles. The number of hydrogen-bond acceptors (Lipinski definition) is 4. The predicted molar refractivity (Wildman–Crippen MR) is 105 cm³/mol. The standard InChI is InChI=1S/C18H20ClN3O3S/c19-15-3-1-14(2-4-15)13-20-18(23)21-16-5-7-17(8-6-16)22-9-11-26(24,25)12-10-22/h1-8H,9-13H2,(H2,20,21,23). The van der Waals surface area contributed by atoms with Gasteiger partial charge in [0.15, 0.2) is 9.84 Å². The van der Waals surface area contributed by atoms with Crippen molar-refractivity contribution >= 4 is 38.8 Å². The molecule has 2 amide bonds. The molecular formula is C18H20ClN3O3S. The second-order valence-corrected chi connectivity index (χ2v) is 8.86. The van der Waals surface area contributed by atoms with Crippen molar-refractivity contribution in [3.8, 4) is 0 Å². The van der Waals surface area contributed by atoms with E-state index >= 15 is 0 Å². The molecule has 26 heavy (non-hydrogen) atoms. The summed E-state index contributed by atoms with van der Waals surface area (Å²) in [6, 6.07) is 14.4. The minimum absolute atomic E-state index is 0.181. The zero-order valence-electron chi connectivity index (χ0n) is 14.1. The number of hydrogen-bond donors (Lipinski definition) is 2. The van der Waals surface area contributed by atoms with Crippen molar-refractivity contribution in [2.45, 2.75) is 6.54 Å². The Morgan fingerprint density at radius 1 is 1.00 bits per heavy atom. The molecule has 1 saturated heterocycles. The first-order valence-electron chi connectivity index (χ1n) is 8.26. The average molecular weight is 394 g/mol. The topological polar surface area (TPSA) is 78.5 Å². The summed E-state index contributed by atoms with van der Waals surface area (Å²) in [5, 5.41) is 6.22. The number of nitrogens with one attached hydrogen (secondary N) is 2. The van der Waals surface area contributed by atoms with E-state index in [4.69, 9.17) is 11.6 Å². The number of amides is 2. The third-order valence-corrected chi connectivity index (χ3v) is 6.06. The van der Waals surface area contributed by atoms with E-state index in [9.17, 15) is 13.2 Å². The Hall–Kier alpha value is -2.25. The molecule has 1 heterocycles. The summed E-state index contributed by atoms with van der Waals surface area (Å²) in [6.07, 6.45) is 0. The smallest absolute Gasteiger partial charge is 0.319 e. The maximum absolute atomic E-state index is 12.0. The van der Waals surface area contributed by atoms with Crippen molar-refractivity contribution in [1.29, 1.82) is 0 Å². The van der Waals surface area contributed by atoms with E-state index in [1.54, 1.807) is 24.3 Å². The Balaban J connectivity index is 1.50. The highest BCUT2D eigenvalue weighted by Crippen LogP contribution is 2.20. The monoisotopic (exact) mass is 393 g/mol. The van der Waals surface area contributed by atoms with E-state index in [1.165, 1.54) is 0 Å². The van der Waals surface area contributed by atoms with Crippen molar-refractivity contribution in [2.75, 3.05) is 34.8 Å². The van der Waals surface area contributed by atoms with Gasteiger partial charge in [-0.1, -0.05) is 23.7 Å². The average Bonchev–Trinajstić information content (AvgIpc) is 2.62. The van der Waals surface area contributed by atoms with E-state index in [0.29, 0.717) is 30.3 Å². The molecule has 0 aliphatic carbocycles. The minimum atomic E-state index is -2.89. The van der Waals surface area contributed by atoms with Gasteiger partial charge in [-0.05, 0) is 42.0 Å². The Labute approximate surface area is 158 Å². The normalized spacial score (nSPS) is 16.1. The summed E-state index contributed by atoms with van der Waals surface area (Å²) in [5.41, 5.74) is 2.58. The van der Waals surface area contributed by atoms with Gasteiger partial charge in [0.05, 0.1) is 11.5 Å². The predicted octanol–water partition coefficient (Wildman–Crippen LogP) is 2.90. The maximum Gasteiger partial charge on any atom is 0.319 e. The van der Waals surface area contributed by atoms with E-state index in [2.05, 4.69) is 10.6 Å². The summed E-state index contributed by atoms with van der Waals surface area (Å²) in [6.45, 7) is 1.40. The molecule has 0 spiro atoms. The fourth-order valence-corrected chi connectivity index (χ4v) is 4.01. The Morgan fingerprint density at radius 2 is 1.62 bits per heavy atom. The van der Waals surface area contributed by atoms with Crippen LogP contribution in [0.15, 0.2) is 48.5 Å². The zero-order chi connectivity index (χ0) is 18.6. The number of halogens is 1. The Kier molecular flexibility index (Phi) is 5.68. The molecule has 2 N–H and O–H groups in total. The summed E-state index contributed by atoms with van der Waals surface area (Å²) < 4.78 is 23.0. The number of nitrogens with zero attached hydrogens (tertiary/aromatic N) is 1. The van der Waals surface area contributed by atoms with Crippen LogP contribution in [0.1, 0.15) is 5.56 Å². The number of carbonyl (C=O) groups excluding carboxylic acids is 1. The molecule has 1 fully saturated rings. The van der Waals surface area contributed by atoms with Crippen LogP contribution in [0.5, 0.6) is 0 Å². The van der Waals surface area contributed by atoms with Crippen molar-refractivity contribution in [3.05, 3.63) is 59.1 Å². The Morgan fingerprint density at radius 3 is 2.23 bits per heavy atom. The molecule has 1 aliphatic rings. The highest BCUT2D eigenvalue weighted by Gasteiger charge is 2.21. The van der Waals surface area contributed by atoms with Gasteiger partial charge in [-0.25, -0.2) is 13.2 Å². The molecule has 0 saturated carbocycles. The highest BCUT2D eigenvalue weighted by molar-refractivity contribution is 7.91. The molecule has 8 heteroatoms. The van der Waals surface area contributed by atoms with Crippen LogP contribution in [0.2, 0.25) is 5.02 Å². The van der Waals surface area contributed by atoms with E-state index in [0.717, 1.165) is 11.3 Å². The number of benzene rings is 2. The lowest BCUT2D eigenvalue weighted by molar-refractivity contribution is 0.251. The molecule has 2 aromatic carbocycles. The van der Waals surface area contributed by atoms with Gasteiger partial charge in [0.25, 0.3) is 0 Å². The number of carbonyl (C=O) groups is 1. The summed E-state index contributed by atoms with van der Waals surface area (Å²) in [5.74, 6) is 0.361. The Bertz CT molecular complexity index is 854. The molecule has 138 valence electrons. The molecule has 0 unspecified atom stereocenters. The van der Waals surface area contributed by atoms with Gasteiger partial charge in [-0.3, -0.25) is 0 Å². The van der Waals surface area contributed by atoms with Gasteiger partial charge in [0.1, 0.15) is 0 Å². The van der Waals surface area contributed by atoms with E-state index in [-0.39, 0.29) is 17.5 Å². The van der Waals surface area contributed by atoms with Gasteiger partial charge in [0.2, 0.25) is 0 Å². The molecule has 3 rings (SSSR count). The fourth-order valence-electron chi connectivity index (χ4n) is 2.69. The molecule has 0 radical (unpaired) electrons. The van der Waals surface area contributed by atoms with Gasteiger partial charge in [-0.2, -0.15) is 0 Å². The van der Waals surface area contributed by atoms with Crippen LogP contribution in [0.25, 0.3) is 0 Å². The zero-order valence-corrected chi connectivity index (χ0v) is 15.7. The lowest BCUT2D eigenvalue weighted by Crippen LogP contribution is -2.40. The van der Waals surface area contributed by atoms with Crippen LogP contribution in [-0.2, 0) is 16.4 Å². The molecular weight excluding hydrogens is 374 g/mol. The van der Waals surface area contributed by atoms with Crippen LogP contribution >= 0.6 is 11.6 Å². The molecule has 6 nitrogen and oxygen atoms in total. The maximum atomic E-state index is 12.0. The second kappa shape index (κ2) is 7.97. The molecule has 2 aromatic rings.